The van der Waals surface area contributed by atoms with E-state index < -0.39 is 9.84 Å². The zero-order chi connectivity index (χ0) is 17.3. The summed E-state index contributed by atoms with van der Waals surface area (Å²) >= 11 is 0. The van der Waals surface area contributed by atoms with Crippen LogP contribution in [-0.4, -0.2) is 72.1 Å². The van der Waals surface area contributed by atoms with Crippen LogP contribution in [0.15, 0.2) is 34.9 Å². The fourth-order valence-corrected chi connectivity index (χ4v) is 5.33. The zero-order valence-electron chi connectivity index (χ0n) is 14.0. The molecule has 0 bridgehead atoms. The minimum atomic E-state index is -2.82. The highest BCUT2D eigenvalue weighted by molar-refractivity contribution is 7.91. The molecule has 2 aliphatic heterocycles. The van der Waals surface area contributed by atoms with E-state index in [1.807, 2.05) is 30.3 Å². The molecule has 0 amide bonds. The van der Waals surface area contributed by atoms with Crippen molar-refractivity contribution in [3.8, 4) is 11.4 Å². The lowest BCUT2D eigenvalue weighted by atomic mass is 10.2. The number of aromatic nitrogens is 2. The van der Waals surface area contributed by atoms with Gasteiger partial charge in [0.25, 0.3) is 0 Å². The van der Waals surface area contributed by atoms with Crippen LogP contribution >= 0.6 is 0 Å². The van der Waals surface area contributed by atoms with Crippen molar-refractivity contribution in [3.05, 3.63) is 36.2 Å². The normalized spacial score (nSPS) is 24.6. The summed E-state index contributed by atoms with van der Waals surface area (Å²) in [7, 11) is -2.82. The molecule has 25 heavy (non-hydrogen) atoms. The van der Waals surface area contributed by atoms with Crippen LogP contribution in [0.5, 0.6) is 0 Å². The van der Waals surface area contributed by atoms with Gasteiger partial charge < -0.3 is 4.52 Å². The standard InChI is InChI=1S/C17H22N4O3S/c22-25(23)11-6-15(13-25)21-9-7-20(8-10-21)12-16-18-17(19-24-16)14-4-2-1-3-5-14/h1-5,15H,6-13H2. The number of hydrogen-bond donors (Lipinski definition) is 0. The van der Waals surface area contributed by atoms with E-state index in [4.69, 9.17) is 4.52 Å². The van der Waals surface area contributed by atoms with E-state index in [9.17, 15) is 8.42 Å². The molecule has 4 rings (SSSR count). The topological polar surface area (TPSA) is 79.5 Å². The highest BCUT2D eigenvalue weighted by Gasteiger charge is 2.33. The predicted octanol–water partition coefficient (Wildman–Crippen LogP) is 1.04. The first-order valence-corrected chi connectivity index (χ1v) is 10.5. The Morgan fingerprint density at radius 2 is 1.88 bits per heavy atom. The molecule has 1 aromatic heterocycles. The molecule has 0 radical (unpaired) electrons. The second-order valence-electron chi connectivity index (χ2n) is 6.75. The lowest BCUT2D eigenvalue weighted by Crippen LogP contribution is -2.50. The molecule has 2 aliphatic rings. The fourth-order valence-electron chi connectivity index (χ4n) is 3.56. The minimum absolute atomic E-state index is 0.195. The molecule has 134 valence electrons. The first-order chi connectivity index (χ1) is 12.1. The Balaban J connectivity index is 1.31. The maximum atomic E-state index is 11.6. The lowest BCUT2D eigenvalue weighted by molar-refractivity contribution is 0.0926. The third-order valence-electron chi connectivity index (χ3n) is 4.99. The molecule has 1 atom stereocenters. The van der Waals surface area contributed by atoms with E-state index in [1.54, 1.807) is 0 Å². The molecule has 8 heteroatoms. The minimum Gasteiger partial charge on any atom is -0.338 e. The van der Waals surface area contributed by atoms with Crippen LogP contribution < -0.4 is 0 Å². The summed E-state index contributed by atoms with van der Waals surface area (Å²) in [6.45, 7) is 4.19. The van der Waals surface area contributed by atoms with Gasteiger partial charge in [0.05, 0.1) is 18.1 Å². The SMILES string of the molecule is O=S1(=O)CCC(N2CCN(Cc3nc(-c4ccccc4)no3)CC2)C1. The highest BCUT2D eigenvalue weighted by Crippen LogP contribution is 2.20. The van der Waals surface area contributed by atoms with Gasteiger partial charge in [0.2, 0.25) is 11.7 Å². The zero-order valence-corrected chi connectivity index (χ0v) is 14.9. The molecule has 2 fully saturated rings. The quantitative estimate of drug-likeness (QED) is 0.804. The fraction of sp³-hybridized carbons (Fsp3) is 0.529. The summed E-state index contributed by atoms with van der Waals surface area (Å²) in [4.78, 5) is 9.07. The van der Waals surface area contributed by atoms with Crippen LogP contribution in [0.1, 0.15) is 12.3 Å². The van der Waals surface area contributed by atoms with Crippen LogP contribution in [-0.2, 0) is 16.4 Å². The molecule has 0 saturated carbocycles. The van der Waals surface area contributed by atoms with Gasteiger partial charge in [-0.15, -0.1) is 0 Å². The Hall–Kier alpha value is -1.77. The van der Waals surface area contributed by atoms with Gasteiger partial charge in [0.15, 0.2) is 9.84 Å². The maximum Gasteiger partial charge on any atom is 0.241 e. The summed E-state index contributed by atoms with van der Waals surface area (Å²) in [5.74, 6) is 1.89. The second kappa shape index (κ2) is 6.86. The third kappa shape index (κ3) is 3.91. The first kappa shape index (κ1) is 16.7. The van der Waals surface area contributed by atoms with Crippen molar-refractivity contribution in [3.63, 3.8) is 0 Å². The van der Waals surface area contributed by atoms with Crippen molar-refractivity contribution in [1.82, 2.24) is 19.9 Å². The average molecular weight is 362 g/mol. The maximum absolute atomic E-state index is 11.6. The average Bonchev–Trinajstić information content (AvgIpc) is 3.23. The van der Waals surface area contributed by atoms with Crippen LogP contribution in [0.25, 0.3) is 11.4 Å². The van der Waals surface area contributed by atoms with Crippen molar-refractivity contribution >= 4 is 9.84 Å². The van der Waals surface area contributed by atoms with E-state index in [0.29, 0.717) is 29.8 Å². The number of hydrogen-bond acceptors (Lipinski definition) is 7. The lowest BCUT2D eigenvalue weighted by Gasteiger charge is -2.37. The molecule has 0 spiro atoms. The van der Waals surface area contributed by atoms with Gasteiger partial charge in [-0.25, -0.2) is 8.42 Å². The predicted molar refractivity (Wildman–Crippen MR) is 93.6 cm³/mol. The largest absolute Gasteiger partial charge is 0.338 e. The van der Waals surface area contributed by atoms with Crippen molar-refractivity contribution in [1.29, 1.82) is 0 Å². The van der Waals surface area contributed by atoms with E-state index in [2.05, 4.69) is 19.9 Å². The summed E-state index contributed by atoms with van der Waals surface area (Å²) in [6, 6.07) is 9.98. The Morgan fingerprint density at radius 3 is 2.56 bits per heavy atom. The molecule has 0 aliphatic carbocycles. The summed E-state index contributed by atoms with van der Waals surface area (Å²) in [5.41, 5.74) is 0.949. The van der Waals surface area contributed by atoms with Crippen molar-refractivity contribution in [2.45, 2.75) is 19.0 Å². The molecule has 1 unspecified atom stereocenters. The highest BCUT2D eigenvalue weighted by atomic mass is 32.2. The Morgan fingerprint density at radius 1 is 1.12 bits per heavy atom. The molecule has 0 N–H and O–H groups in total. The van der Waals surface area contributed by atoms with E-state index in [0.717, 1.165) is 38.2 Å². The number of piperazine rings is 1. The summed E-state index contributed by atoms with van der Waals surface area (Å²) < 4.78 is 28.7. The molecule has 7 nitrogen and oxygen atoms in total. The molecular weight excluding hydrogens is 340 g/mol. The Bertz CT molecular complexity index is 813. The van der Waals surface area contributed by atoms with Crippen LogP contribution in [0.2, 0.25) is 0 Å². The second-order valence-corrected chi connectivity index (χ2v) is 8.98. The van der Waals surface area contributed by atoms with Gasteiger partial charge in [0.1, 0.15) is 0 Å². The van der Waals surface area contributed by atoms with Gasteiger partial charge in [0, 0.05) is 37.8 Å². The number of sulfone groups is 1. The third-order valence-corrected chi connectivity index (χ3v) is 6.74. The van der Waals surface area contributed by atoms with Crippen LogP contribution in [0, 0.1) is 0 Å². The van der Waals surface area contributed by atoms with Crippen LogP contribution in [0.4, 0.5) is 0 Å². The molecule has 1 aromatic carbocycles. The number of benzene rings is 1. The van der Waals surface area contributed by atoms with Crippen molar-refractivity contribution in [2.75, 3.05) is 37.7 Å². The van der Waals surface area contributed by atoms with E-state index in [1.165, 1.54) is 0 Å². The Labute approximate surface area is 147 Å². The van der Waals surface area contributed by atoms with Gasteiger partial charge >= 0.3 is 0 Å². The van der Waals surface area contributed by atoms with Crippen molar-refractivity contribution < 1.29 is 12.9 Å². The van der Waals surface area contributed by atoms with Gasteiger partial charge in [-0.2, -0.15) is 4.98 Å². The van der Waals surface area contributed by atoms with Gasteiger partial charge in [-0.3, -0.25) is 9.80 Å². The molecule has 2 aromatic rings. The Kier molecular flexibility index (Phi) is 4.58. The summed E-state index contributed by atoms with van der Waals surface area (Å²) in [5, 5.41) is 4.06. The van der Waals surface area contributed by atoms with Gasteiger partial charge in [-0.05, 0) is 6.42 Å². The molecule has 3 heterocycles. The molecule has 2 saturated heterocycles. The van der Waals surface area contributed by atoms with Crippen LogP contribution in [0.3, 0.4) is 0 Å². The van der Waals surface area contributed by atoms with Crippen molar-refractivity contribution in [2.24, 2.45) is 0 Å². The smallest absolute Gasteiger partial charge is 0.241 e. The summed E-state index contributed by atoms with van der Waals surface area (Å²) in [6.07, 6.45) is 0.770. The number of rotatable bonds is 4. The van der Waals surface area contributed by atoms with E-state index in [-0.39, 0.29) is 6.04 Å². The van der Waals surface area contributed by atoms with Gasteiger partial charge in [-0.1, -0.05) is 35.5 Å². The monoisotopic (exact) mass is 362 g/mol. The first-order valence-electron chi connectivity index (χ1n) is 8.64. The molecular formula is C17H22N4O3S. The van der Waals surface area contributed by atoms with E-state index >= 15 is 0 Å². The number of nitrogens with zero attached hydrogens (tertiary/aromatic N) is 4.